The molecule has 1 aromatic carbocycles. The van der Waals surface area contributed by atoms with Crippen LogP contribution in [-0.2, 0) is 16.0 Å². The van der Waals surface area contributed by atoms with Gasteiger partial charge in [0.2, 0.25) is 5.91 Å². The fraction of sp³-hybridized carbons (Fsp3) is 0.619. The number of methoxy groups -OCH3 is 1. The van der Waals surface area contributed by atoms with Crippen LogP contribution in [0.15, 0.2) is 29.3 Å². The highest BCUT2D eigenvalue weighted by molar-refractivity contribution is 14.0. The van der Waals surface area contributed by atoms with Crippen LogP contribution in [-0.4, -0.2) is 51.8 Å². The summed E-state index contributed by atoms with van der Waals surface area (Å²) < 4.78 is 5.27. The van der Waals surface area contributed by atoms with Gasteiger partial charge in [-0.05, 0) is 49.7 Å². The fourth-order valence-corrected chi connectivity index (χ4v) is 3.95. The number of benzene rings is 1. The van der Waals surface area contributed by atoms with E-state index in [4.69, 9.17) is 4.74 Å². The number of aliphatic imine (C=N–C) groups is 1. The van der Waals surface area contributed by atoms with Crippen molar-refractivity contribution in [2.24, 2.45) is 10.4 Å². The zero-order valence-corrected chi connectivity index (χ0v) is 19.3. The van der Waals surface area contributed by atoms with Crippen LogP contribution >= 0.6 is 24.0 Å². The molecule has 28 heavy (non-hydrogen) atoms. The number of para-hydroxylation sites is 1. The number of carbonyl (C=O) groups is 1. The van der Waals surface area contributed by atoms with Crippen LogP contribution in [0.5, 0.6) is 0 Å². The highest BCUT2D eigenvalue weighted by atomic mass is 127. The number of carbonyl (C=O) groups excluding carboxylic acids is 1. The van der Waals surface area contributed by atoms with Crippen molar-refractivity contribution in [1.29, 1.82) is 0 Å². The van der Waals surface area contributed by atoms with Crippen LogP contribution in [0.4, 0.5) is 5.69 Å². The molecule has 1 aliphatic heterocycles. The first kappa shape index (κ1) is 22.9. The van der Waals surface area contributed by atoms with E-state index in [2.05, 4.69) is 21.7 Å². The van der Waals surface area contributed by atoms with Gasteiger partial charge < -0.3 is 20.3 Å². The number of anilines is 1. The first-order valence-corrected chi connectivity index (χ1v) is 10.1. The number of ether oxygens (including phenoxy) is 1. The van der Waals surface area contributed by atoms with Gasteiger partial charge in [0.25, 0.3) is 0 Å². The van der Waals surface area contributed by atoms with Gasteiger partial charge in [0.05, 0.1) is 0 Å². The van der Waals surface area contributed by atoms with Crippen LogP contribution in [0.1, 0.15) is 38.2 Å². The minimum Gasteiger partial charge on any atom is -0.385 e. The second-order valence-corrected chi connectivity index (χ2v) is 7.57. The van der Waals surface area contributed by atoms with Gasteiger partial charge in [0.15, 0.2) is 5.96 Å². The van der Waals surface area contributed by atoms with E-state index in [1.54, 1.807) is 7.11 Å². The summed E-state index contributed by atoms with van der Waals surface area (Å²) in [5.74, 6) is 0.775. The van der Waals surface area contributed by atoms with Gasteiger partial charge in [-0.3, -0.25) is 4.79 Å². The molecule has 0 radical (unpaired) electrons. The summed E-state index contributed by atoms with van der Waals surface area (Å²) in [7, 11) is 1.76. The van der Waals surface area contributed by atoms with Crippen molar-refractivity contribution in [3.8, 4) is 0 Å². The molecule has 0 unspecified atom stereocenters. The molecule has 2 N–H and O–H groups in total. The van der Waals surface area contributed by atoms with Crippen molar-refractivity contribution in [2.45, 2.75) is 39.0 Å². The molecule has 1 aromatic rings. The lowest BCUT2D eigenvalue weighted by molar-refractivity contribution is -0.117. The number of halogens is 1. The van der Waals surface area contributed by atoms with Crippen LogP contribution in [0, 0.1) is 5.41 Å². The second-order valence-electron chi connectivity index (χ2n) is 7.57. The summed E-state index contributed by atoms with van der Waals surface area (Å²) in [5, 5.41) is 6.71. The number of fused-ring (bicyclic) bond motifs is 1. The predicted molar refractivity (Wildman–Crippen MR) is 125 cm³/mol. The van der Waals surface area contributed by atoms with Crippen LogP contribution < -0.4 is 15.5 Å². The van der Waals surface area contributed by atoms with Crippen LogP contribution in [0.3, 0.4) is 0 Å². The van der Waals surface area contributed by atoms with Gasteiger partial charge in [0.1, 0.15) is 6.54 Å². The molecule has 2 aliphatic rings. The summed E-state index contributed by atoms with van der Waals surface area (Å²) >= 11 is 0. The summed E-state index contributed by atoms with van der Waals surface area (Å²) in [4.78, 5) is 19.1. The standard InChI is InChI=1S/C21H32N4O2.HI/c1-3-22-20(24-16-21(10-6-11-21)12-14-27-2)23-15-19(26)25-13-9-17-7-4-5-8-18(17)25;/h4-5,7-8H,3,6,9-16H2,1-2H3,(H2,22,23,24);1H. The number of nitrogens with one attached hydrogen (secondary N) is 2. The zero-order valence-electron chi connectivity index (χ0n) is 17.0. The topological polar surface area (TPSA) is 66.0 Å². The van der Waals surface area contributed by atoms with Gasteiger partial charge in [-0.15, -0.1) is 24.0 Å². The lowest BCUT2D eigenvalue weighted by Gasteiger charge is -2.42. The Morgan fingerprint density at radius 1 is 1.29 bits per heavy atom. The van der Waals surface area contributed by atoms with Gasteiger partial charge in [-0.25, -0.2) is 4.99 Å². The van der Waals surface area contributed by atoms with E-state index in [0.29, 0.717) is 5.41 Å². The Morgan fingerprint density at radius 3 is 2.75 bits per heavy atom. The number of nitrogens with zero attached hydrogens (tertiary/aromatic N) is 2. The quantitative estimate of drug-likeness (QED) is 0.327. The molecule has 1 fully saturated rings. The Kier molecular flexibility index (Phi) is 9.01. The molecule has 1 aliphatic carbocycles. The van der Waals surface area contributed by atoms with Crippen LogP contribution in [0.2, 0.25) is 0 Å². The highest BCUT2D eigenvalue weighted by Gasteiger charge is 2.36. The van der Waals surface area contributed by atoms with E-state index < -0.39 is 0 Å². The molecule has 156 valence electrons. The van der Waals surface area contributed by atoms with Gasteiger partial charge in [-0.1, -0.05) is 24.6 Å². The molecule has 1 saturated carbocycles. The molecule has 0 bridgehead atoms. The Hall–Kier alpha value is -1.35. The van der Waals surface area contributed by atoms with E-state index in [1.165, 1.54) is 24.8 Å². The predicted octanol–water partition coefficient (Wildman–Crippen LogP) is 2.96. The first-order valence-electron chi connectivity index (χ1n) is 10.1. The number of hydrogen-bond donors (Lipinski definition) is 2. The maximum absolute atomic E-state index is 12.7. The molecule has 6 nitrogen and oxygen atoms in total. The fourth-order valence-electron chi connectivity index (χ4n) is 3.95. The van der Waals surface area contributed by atoms with E-state index in [0.717, 1.165) is 50.7 Å². The minimum absolute atomic E-state index is 0. The normalized spacial score (nSPS) is 17.4. The number of guanidine groups is 1. The smallest absolute Gasteiger partial charge is 0.248 e. The SMILES string of the molecule is CCNC(=NCC(=O)N1CCc2ccccc21)NCC1(CCOC)CCC1.I. The van der Waals surface area contributed by atoms with Crippen molar-refractivity contribution in [3.63, 3.8) is 0 Å². The maximum atomic E-state index is 12.7. The molecule has 0 spiro atoms. The molecule has 0 aromatic heterocycles. The number of amides is 1. The molecule has 1 heterocycles. The first-order chi connectivity index (χ1) is 13.2. The maximum Gasteiger partial charge on any atom is 0.248 e. The van der Waals surface area contributed by atoms with Gasteiger partial charge in [0, 0.05) is 39.0 Å². The molecule has 0 saturated heterocycles. The van der Waals surface area contributed by atoms with Crippen molar-refractivity contribution in [3.05, 3.63) is 29.8 Å². The Bertz CT molecular complexity index is 676. The van der Waals surface area contributed by atoms with E-state index in [-0.39, 0.29) is 36.4 Å². The van der Waals surface area contributed by atoms with E-state index in [1.807, 2.05) is 30.0 Å². The van der Waals surface area contributed by atoms with E-state index in [9.17, 15) is 4.79 Å². The number of rotatable bonds is 8. The highest BCUT2D eigenvalue weighted by Crippen LogP contribution is 2.43. The monoisotopic (exact) mass is 500 g/mol. The zero-order chi connectivity index (χ0) is 19.1. The Labute approximate surface area is 185 Å². The molecule has 1 amide bonds. The minimum atomic E-state index is 0. The third-order valence-corrected chi connectivity index (χ3v) is 5.79. The molecule has 3 rings (SSSR count). The Morgan fingerprint density at radius 2 is 2.07 bits per heavy atom. The van der Waals surface area contributed by atoms with E-state index >= 15 is 0 Å². The Balaban J connectivity index is 0.00000280. The van der Waals surface area contributed by atoms with Crippen molar-refractivity contribution in [2.75, 3.05) is 44.8 Å². The average Bonchev–Trinajstić information content (AvgIpc) is 3.08. The summed E-state index contributed by atoms with van der Waals surface area (Å²) in [6.07, 6.45) is 5.73. The van der Waals surface area contributed by atoms with Crippen molar-refractivity contribution < 1.29 is 9.53 Å². The van der Waals surface area contributed by atoms with Crippen LogP contribution in [0.25, 0.3) is 0 Å². The summed E-state index contributed by atoms with van der Waals surface area (Å²) in [6.45, 7) is 5.40. The second kappa shape index (κ2) is 11.0. The van der Waals surface area contributed by atoms with Crippen molar-refractivity contribution >= 4 is 41.5 Å². The number of hydrogen-bond acceptors (Lipinski definition) is 3. The lowest BCUT2D eigenvalue weighted by Crippen LogP contribution is -2.47. The largest absolute Gasteiger partial charge is 0.385 e. The lowest BCUT2D eigenvalue weighted by atomic mass is 9.67. The molecular formula is C21H33IN4O2. The van der Waals surface area contributed by atoms with Crippen molar-refractivity contribution in [1.82, 2.24) is 10.6 Å². The summed E-state index contributed by atoms with van der Waals surface area (Å²) in [6, 6.07) is 8.12. The third kappa shape index (κ3) is 5.59. The van der Waals surface area contributed by atoms with Gasteiger partial charge in [-0.2, -0.15) is 0 Å². The average molecular weight is 500 g/mol. The molecule has 0 atom stereocenters. The third-order valence-electron chi connectivity index (χ3n) is 5.79. The summed E-state index contributed by atoms with van der Waals surface area (Å²) in [5.41, 5.74) is 2.58. The van der Waals surface area contributed by atoms with Gasteiger partial charge >= 0.3 is 0 Å². The molecule has 7 heteroatoms. The molecular weight excluding hydrogens is 467 g/mol.